The standard InChI is InChI=1S/C23H10BrF4N3/c24-12-2-5-15-18(8-12)17-7-11(10-29)1-4-14(17)20-21(15)31-22(30-20)16-6-3-13(25)9-19(16)23(26,27)28/h1-9H,(H,30,31). The molecule has 0 amide bonds. The SMILES string of the molecule is N#Cc1ccc2c(c1)c1cc(Br)ccc1c1[nH]c(-c3ccc(F)cc3C(F)(F)F)nc21. The highest BCUT2D eigenvalue weighted by Gasteiger charge is 2.35. The van der Waals surface area contributed by atoms with Gasteiger partial charge in [0.15, 0.2) is 0 Å². The van der Waals surface area contributed by atoms with Crippen molar-refractivity contribution in [3.8, 4) is 17.5 Å². The van der Waals surface area contributed by atoms with Gasteiger partial charge in [-0.3, -0.25) is 0 Å². The lowest BCUT2D eigenvalue weighted by atomic mass is 9.98. The molecule has 1 heterocycles. The molecule has 3 nitrogen and oxygen atoms in total. The second-order valence-electron chi connectivity index (χ2n) is 7.06. The van der Waals surface area contributed by atoms with Gasteiger partial charge in [-0.15, -0.1) is 0 Å². The van der Waals surface area contributed by atoms with E-state index in [1.165, 1.54) is 0 Å². The monoisotopic (exact) mass is 483 g/mol. The molecule has 5 aromatic rings. The molecule has 5 rings (SSSR count). The minimum atomic E-state index is -4.74. The summed E-state index contributed by atoms with van der Waals surface area (Å²) in [5, 5.41) is 12.3. The Bertz CT molecular complexity index is 1560. The zero-order valence-corrected chi connectivity index (χ0v) is 17.1. The summed E-state index contributed by atoms with van der Waals surface area (Å²) in [5.74, 6) is -0.986. The highest BCUT2D eigenvalue weighted by molar-refractivity contribution is 9.10. The van der Waals surface area contributed by atoms with Crippen molar-refractivity contribution in [3.05, 3.63) is 76.0 Å². The Morgan fingerprint density at radius 1 is 0.903 bits per heavy atom. The Balaban J connectivity index is 1.92. The second kappa shape index (κ2) is 6.79. The largest absolute Gasteiger partial charge is 0.417 e. The Morgan fingerprint density at radius 2 is 1.65 bits per heavy atom. The van der Waals surface area contributed by atoms with Gasteiger partial charge >= 0.3 is 6.18 Å². The van der Waals surface area contributed by atoms with Gasteiger partial charge in [-0.2, -0.15) is 18.4 Å². The van der Waals surface area contributed by atoms with E-state index < -0.39 is 17.6 Å². The third-order valence-electron chi connectivity index (χ3n) is 5.19. The van der Waals surface area contributed by atoms with Crippen LogP contribution >= 0.6 is 15.9 Å². The summed E-state index contributed by atoms with van der Waals surface area (Å²) in [7, 11) is 0. The number of H-pyrrole nitrogens is 1. The molecule has 31 heavy (non-hydrogen) atoms. The molecule has 0 unspecified atom stereocenters. The smallest absolute Gasteiger partial charge is 0.337 e. The average molecular weight is 484 g/mol. The van der Waals surface area contributed by atoms with Crippen molar-refractivity contribution in [3.63, 3.8) is 0 Å². The number of alkyl halides is 3. The first-order valence-corrected chi connectivity index (χ1v) is 9.87. The fourth-order valence-electron chi connectivity index (χ4n) is 3.85. The second-order valence-corrected chi connectivity index (χ2v) is 7.97. The predicted octanol–water partition coefficient (Wildman–Crippen LogP) is 7.33. The van der Waals surface area contributed by atoms with Crippen LogP contribution in [0.1, 0.15) is 11.1 Å². The molecular formula is C23H10BrF4N3. The highest BCUT2D eigenvalue weighted by atomic mass is 79.9. The predicted molar refractivity (Wildman–Crippen MR) is 114 cm³/mol. The molecule has 0 atom stereocenters. The van der Waals surface area contributed by atoms with E-state index >= 15 is 0 Å². The summed E-state index contributed by atoms with van der Waals surface area (Å²) in [6.07, 6.45) is -4.74. The summed E-state index contributed by atoms with van der Waals surface area (Å²) in [6, 6.07) is 15.3. The molecule has 152 valence electrons. The molecule has 0 aliphatic heterocycles. The lowest BCUT2D eigenvalue weighted by Crippen LogP contribution is -2.08. The van der Waals surface area contributed by atoms with Gasteiger partial charge in [-0.05, 0) is 53.2 Å². The van der Waals surface area contributed by atoms with Crippen LogP contribution in [-0.4, -0.2) is 9.97 Å². The third kappa shape index (κ3) is 3.13. The van der Waals surface area contributed by atoms with Gasteiger partial charge < -0.3 is 4.98 Å². The number of nitrogens with zero attached hydrogens (tertiary/aromatic N) is 2. The number of benzene rings is 4. The molecule has 0 saturated heterocycles. The fraction of sp³-hybridized carbons (Fsp3) is 0.0435. The van der Waals surface area contributed by atoms with E-state index in [4.69, 9.17) is 0 Å². The molecule has 1 N–H and O–H groups in total. The van der Waals surface area contributed by atoms with Crippen LogP contribution < -0.4 is 0 Å². The minimum absolute atomic E-state index is 0.0107. The van der Waals surface area contributed by atoms with Crippen LogP contribution in [0.4, 0.5) is 17.6 Å². The van der Waals surface area contributed by atoms with Crippen molar-refractivity contribution < 1.29 is 17.6 Å². The lowest BCUT2D eigenvalue weighted by Gasteiger charge is -2.11. The van der Waals surface area contributed by atoms with E-state index in [0.717, 1.165) is 32.8 Å². The molecule has 0 fully saturated rings. The third-order valence-corrected chi connectivity index (χ3v) is 5.68. The zero-order chi connectivity index (χ0) is 21.9. The van der Waals surface area contributed by atoms with E-state index in [9.17, 15) is 22.8 Å². The number of aromatic nitrogens is 2. The first-order valence-electron chi connectivity index (χ1n) is 9.08. The molecule has 0 bridgehead atoms. The topological polar surface area (TPSA) is 52.5 Å². The van der Waals surface area contributed by atoms with Crippen molar-refractivity contribution in [2.24, 2.45) is 0 Å². The van der Waals surface area contributed by atoms with Gasteiger partial charge in [-0.25, -0.2) is 9.37 Å². The quantitative estimate of drug-likeness (QED) is 0.200. The van der Waals surface area contributed by atoms with Crippen LogP contribution in [0.5, 0.6) is 0 Å². The van der Waals surface area contributed by atoms with E-state index in [1.54, 1.807) is 18.2 Å². The Labute approximate surface area is 181 Å². The van der Waals surface area contributed by atoms with Crippen molar-refractivity contribution >= 4 is 48.5 Å². The van der Waals surface area contributed by atoms with Crippen molar-refractivity contribution in [2.75, 3.05) is 0 Å². The maximum atomic E-state index is 13.6. The van der Waals surface area contributed by atoms with Crippen LogP contribution in [0, 0.1) is 17.1 Å². The lowest BCUT2D eigenvalue weighted by molar-refractivity contribution is -0.137. The maximum Gasteiger partial charge on any atom is 0.417 e. The number of nitriles is 1. The number of hydrogen-bond donors (Lipinski definition) is 1. The van der Waals surface area contributed by atoms with Crippen LogP contribution in [0.3, 0.4) is 0 Å². The first-order chi connectivity index (χ1) is 14.8. The molecule has 0 spiro atoms. The summed E-state index contributed by atoms with van der Waals surface area (Å²) in [4.78, 5) is 7.48. The summed E-state index contributed by atoms with van der Waals surface area (Å²) in [5.41, 5.74) is 0.155. The van der Waals surface area contributed by atoms with E-state index in [1.807, 2.05) is 18.2 Å². The number of nitrogens with one attached hydrogen (secondary N) is 1. The summed E-state index contributed by atoms with van der Waals surface area (Å²) in [6.45, 7) is 0. The number of rotatable bonds is 1. The Kier molecular flexibility index (Phi) is 4.27. The van der Waals surface area contributed by atoms with Crippen molar-refractivity contribution in [1.82, 2.24) is 9.97 Å². The van der Waals surface area contributed by atoms with E-state index in [2.05, 4.69) is 32.0 Å². The van der Waals surface area contributed by atoms with Crippen LogP contribution in [0.15, 0.2) is 59.1 Å². The van der Waals surface area contributed by atoms with Crippen molar-refractivity contribution in [1.29, 1.82) is 5.26 Å². The highest BCUT2D eigenvalue weighted by Crippen LogP contribution is 2.40. The van der Waals surface area contributed by atoms with E-state index in [0.29, 0.717) is 28.0 Å². The maximum absolute atomic E-state index is 13.6. The molecule has 0 radical (unpaired) electrons. The summed E-state index contributed by atoms with van der Waals surface area (Å²) < 4.78 is 55.1. The van der Waals surface area contributed by atoms with Gasteiger partial charge in [0.25, 0.3) is 0 Å². The molecule has 0 aliphatic rings. The van der Waals surface area contributed by atoms with Gasteiger partial charge in [0.2, 0.25) is 0 Å². The number of hydrogen-bond acceptors (Lipinski definition) is 2. The first kappa shape index (κ1) is 19.5. The van der Waals surface area contributed by atoms with Crippen LogP contribution in [-0.2, 0) is 6.18 Å². The molecule has 4 aromatic carbocycles. The normalized spacial score (nSPS) is 12.0. The number of aromatic amines is 1. The molecular weight excluding hydrogens is 474 g/mol. The average Bonchev–Trinajstić information content (AvgIpc) is 3.18. The van der Waals surface area contributed by atoms with Gasteiger partial charge in [0.1, 0.15) is 11.6 Å². The molecule has 8 heteroatoms. The minimum Gasteiger partial charge on any atom is -0.337 e. The molecule has 0 saturated carbocycles. The molecule has 0 aliphatic carbocycles. The zero-order valence-electron chi connectivity index (χ0n) is 15.5. The number of halogens is 5. The Morgan fingerprint density at radius 3 is 2.39 bits per heavy atom. The van der Waals surface area contributed by atoms with E-state index in [-0.39, 0.29) is 11.4 Å². The van der Waals surface area contributed by atoms with Crippen molar-refractivity contribution in [2.45, 2.75) is 6.18 Å². The number of fused-ring (bicyclic) bond motifs is 6. The van der Waals surface area contributed by atoms with Gasteiger partial charge in [0.05, 0.1) is 28.2 Å². The summed E-state index contributed by atoms with van der Waals surface area (Å²) >= 11 is 3.45. The number of imidazole rings is 1. The van der Waals surface area contributed by atoms with Crippen LogP contribution in [0.25, 0.3) is 44.0 Å². The molecule has 1 aromatic heterocycles. The Hall–Kier alpha value is -3.44. The van der Waals surface area contributed by atoms with Gasteiger partial charge in [-0.1, -0.05) is 28.1 Å². The van der Waals surface area contributed by atoms with Gasteiger partial charge in [0, 0.05) is 20.8 Å². The van der Waals surface area contributed by atoms with Crippen LogP contribution in [0.2, 0.25) is 0 Å². The fourth-order valence-corrected chi connectivity index (χ4v) is 4.21.